The normalized spacial score (nSPS) is 11.1. The fourth-order valence-electron chi connectivity index (χ4n) is 2.12. The number of nitrogens with zero attached hydrogens (tertiary/aromatic N) is 1. The van der Waals surface area contributed by atoms with Crippen molar-refractivity contribution < 1.29 is 9.26 Å². The highest BCUT2D eigenvalue weighted by Gasteiger charge is 2.07. The average molecular weight is 288 g/mol. The van der Waals surface area contributed by atoms with Crippen molar-refractivity contribution in [2.75, 3.05) is 6.54 Å². The largest absolute Gasteiger partial charge is 0.485 e. The van der Waals surface area contributed by atoms with Crippen LogP contribution in [0.2, 0.25) is 0 Å². The molecule has 114 valence electrons. The summed E-state index contributed by atoms with van der Waals surface area (Å²) in [6.07, 6.45) is 0. The summed E-state index contributed by atoms with van der Waals surface area (Å²) in [6, 6.07) is 8.14. The second kappa shape index (κ2) is 7.27. The maximum absolute atomic E-state index is 5.88. The molecular formula is C17H24N2O2. The van der Waals surface area contributed by atoms with Crippen LogP contribution in [0.3, 0.4) is 0 Å². The molecule has 4 heteroatoms. The number of nitrogens with one attached hydrogen (secondary N) is 1. The Kier molecular flexibility index (Phi) is 5.39. The second-order valence-electron chi connectivity index (χ2n) is 5.86. The molecule has 0 fully saturated rings. The molecule has 0 saturated carbocycles. The van der Waals surface area contributed by atoms with Gasteiger partial charge in [-0.3, -0.25) is 0 Å². The number of rotatable bonds is 7. The minimum absolute atomic E-state index is 0.404. The van der Waals surface area contributed by atoms with Gasteiger partial charge in [-0.25, -0.2) is 0 Å². The molecule has 4 nitrogen and oxygen atoms in total. The van der Waals surface area contributed by atoms with Crippen LogP contribution in [0.15, 0.2) is 28.8 Å². The molecule has 0 atom stereocenters. The van der Waals surface area contributed by atoms with Crippen molar-refractivity contribution in [2.45, 2.75) is 40.8 Å². The maximum atomic E-state index is 5.88. The van der Waals surface area contributed by atoms with Gasteiger partial charge in [0.05, 0.1) is 5.69 Å². The summed E-state index contributed by atoms with van der Waals surface area (Å²) in [5, 5.41) is 7.32. The first-order valence-electron chi connectivity index (χ1n) is 7.40. The first-order valence-corrected chi connectivity index (χ1v) is 7.40. The van der Waals surface area contributed by atoms with Gasteiger partial charge in [0.25, 0.3) is 0 Å². The highest BCUT2D eigenvalue weighted by Crippen LogP contribution is 2.21. The Balaban J connectivity index is 2.00. The van der Waals surface area contributed by atoms with Gasteiger partial charge in [-0.15, -0.1) is 0 Å². The molecule has 2 aromatic rings. The molecule has 0 saturated heterocycles. The Hall–Kier alpha value is -1.81. The van der Waals surface area contributed by atoms with Gasteiger partial charge in [0.15, 0.2) is 5.76 Å². The molecule has 0 unspecified atom stereocenters. The van der Waals surface area contributed by atoms with E-state index >= 15 is 0 Å². The Morgan fingerprint density at radius 1 is 1.24 bits per heavy atom. The number of aromatic nitrogens is 1. The number of hydrogen-bond donors (Lipinski definition) is 1. The zero-order valence-electron chi connectivity index (χ0n) is 13.3. The van der Waals surface area contributed by atoms with Crippen LogP contribution in [-0.4, -0.2) is 11.7 Å². The fourth-order valence-corrected chi connectivity index (χ4v) is 2.12. The van der Waals surface area contributed by atoms with Gasteiger partial charge in [0.1, 0.15) is 12.4 Å². The highest BCUT2D eigenvalue weighted by molar-refractivity contribution is 5.37. The van der Waals surface area contributed by atoms with Gasteiger partial charge in [0, 0.05) is 18.2 Å². The smallest absolute Gasteiger partial charge is 0.174 e. The van der Waals surface area contributed by atoms with Gasteiger partial charge in [-0.2, -0.15) is 0 Å². The average Bonchev–Trinajstić information content (AvgIpc) is 2.83. The van der Waals surface area contributed by atoms with Crippen LogP contribution in [0.4, 0.5) is 0 Å². The molecule has 0 amide bonds. The van der Waals surface area contributed by atoms with Crippen molar-refractivity contribution in [1.82, 2.24) is 10.5 Å². The zero-order valence-corrected chi connectivity index (χ0v) is 13.3. The molecule has 1 aromatic heterocycles. The number of aryl methyl sites for hydroxylation is 2. The summed E-state index contributed by atoms with van der Waals surface area (Å²) in [7, 11) is 0. The lowest BCUT2D eigenvalue weighted by Crippen LogP contribution is -2.19. The van der Waals surface area contributed by atoms with Crippen molar-refractivity contribution in [2.24, 2.45) is 5.92 Å². The number of ether oxygens (including phenoxy) is 1. The van der Waals surface area contributed by atoms with E-state index in [2.05, 4.69) is 43.4 Å². The predicted octanol–water partition coefficient (Wildman–Crippen LogP) is 3.62. The van der Waals surface area contributed by atoms with Gasteiger partial charge in [-0.1, -0.05) is 36.7 Å². The van der Waals surface area contributed by atoms with Gasteiger partial charge < -0.3 is 14.6 Å². The van der Waals surface area contributed by atoms with Gasteiger partial charge in [-0.05, 0) is 32.4 Å². The summed E-state index contributed by atoms with van der Waals surface area (Å²) in [5.41, 5.74) is 3.28. The third-order valence-electron chi connectivity index (χ3n) is 3.13. The highest BCUT2D eigenvalue weighted by atomic mass is 16.5. The minimum atomic E-state index is 0.404. The summed E-state index contributed by atoms with van der Waals surface area (Å²) in [5.74, 6) is 2.27. The summed E-state index contributed by atoms with van der Waals surface area (Å²) < 4.78 is 11.0. The lowest BCUT2D eigenvalue weighted by molar-refractivity contribution is 0.246. The molecule has 1 aromatic carbocycles. The van der Waals surface area contributed by atoms with Crippen LogP contribution in [0.1, 0.15) is 36.4 Å². The van der Waals surface area contributed by atoms with Crippen molar-refractivity contribution in [1.29, 1.82) is 0 Å². The summed E-state index contributed by atoms with van der Waals surface area (Å²) in [6.45, 7) is 10.6. The van der Waals surface area contributed by atoms with E-state index in [-0.39, 0.29) is 0 Å². The number of benzene rings is 1. The molecule has 0 aliphatic carbocycles. The molecule has 1 N–H and O–H groups in total. The summed E-state index contributed by atoms with van der Waals surface area (Å²) in [4.78, 5) is 0. The zero-order chi connectivity index (χ0) is 15.2. The molecule has 0 spiro atoms. The van der Waals surface area contributed by atoms with E-state index in [4.69, 9.17) is 9.26 Å². The first-order chi connectivity index (χ1) is 10.0. The van der Waals surface area contributed by atoms with Gasteiger partial charge >= 0.3 is 0 Å². The van der Waals surface area contributed by atoms with Crippen LogP contribution in [0.5, 0.6) is 5.75 Å². The molecule has 0 aliphatic heterocycles. The molecule has 21 heavy (non-hydrogen) atoms. The molecule has 0 bridgehead atoms. The minimum Gasteiger partial charge on any atom is -0.485 e. The van der Waals surface area contributed by atoms with E-state index < -0.39 is 0 Å². The Labute approximate surface area is 126 Å². The predicted molar refractivity (Wildman–Crippen MR) is 83.3 cm³/mol. The summed E-state index contributed by atoms with van der Waals surface area (Å²) >= 11 is 0. The molecule has 2 rings (SSSR count). The van der Waals surface area contributed by atoms with Crippen molar-refractivity contribution in [3.05, 3.63) is 46.8 Å². The topological polar surface area (TPSA) is 47.3 Å². The molecule has 0 radical (unpaired) electrons. The van der Waals surface area contributed by atoms with E-state index in [0.29, 0.717) is 12.5 Å². The van der Waals surface area contributed by atoms with Crippen LogP contribution >= 0.6 is 0 Å². The first kappa shape index (κ1) is 15.6. The van der Waals surface area contributed by atoms with E-state index in [0.717, 1.165) is 30.3 Å². The van der Waals surface area contributed by atoms with E-state index in [1.165, 1.54) is 11.1 Å². The lowest BCUT2D eigenvalue weighted by atomic mass is 10.1. The Bertz CT molecular complexity index is 576. The molecule has 1 heterocycles. The molecular weight excluding hydrogens is 264 g/mol. The van der Waals surface area contributed by atoms with Crippen molar-refractivity contribution in [3.8, 4) is 5.75 Å². The third kappa shape index (κ3) is 4.90. The van der Waals surface area contributed by atoms with Crippen LogP contribution in [-0.2, 0) is 13.2 Å². The monoisotopic (exact) mass is 288 g/mol. The van der Waals surface area contributed by atoms with Gasteiger partial charge in [0.2, 0.25) is 0 Å². The third-order valence-corrected chi connectivity index (χ3v) is 3.13. The molecule has 0 aliphatic rings. The quantitative estimate of drug-likeness (QED) is 0.845. The standard InChI is InChI=1S/C17H24N2O2/c1-12(2)9-18-10-15-7-13(3)5-6-17(15)20-11-16-8-14(4)19-21-16/h5-8,12,18H,9-11H2,1-4H3. The van der Waals surface area contributed by atoms with Crippen LogP contribution in [0.25, 0.3) is 0 Å². The van der Waals surface area contributed by atoms with Crippen LogP contribution in [0, 0.1) is 19.8 Å². The second-order valence-corrected chi connectivity index (χ2v) is 5.86. The van der Waals surface area contributed by atoms with Crippen LogP contribution < -0.4 is 10.1 Å². The fraction of sp³-hybridized carbons (Fsp3) is 0.471. The lowest BCUT2D eigenvalue weighted by Gasteiger charge is -2.13. The Morgan fingerprint density at radius 3 is 2.71 bits per heavy atom. The Morgan fingerprint density at radius 2 is 2.05 bits per heavy atom. The van der Waals surface area contributed by atoms with Crippen molar-refractivity contribution in [3.63, 3.8) is 0 Å². The maximum Gasteiger partial charge on any atom is 0.174 e. The number of hydrogen-bond acceptors (Lipinski definition) is 4. The van der Waals surface area contributed by atoms with E-state index in [1.54, 1.807) is 0 Å². The SMILES string of the molecule is Cc1ccc(OCc2cc(C)no2)c(CNCC(C)C)c1. The van der Waals surface area contributed by atoms with E-state index in [9.17, 15) is 0 Å². The van der Waals surface area contributed by atoms with Crippen molar-refractivity contribution >= 4 is 0 Å². The van der Waals surface area contributed by atoms with E-state index in [1.807, 2.05) is 19.1 Å².